The van der Waals surface area contributed by atoms with E-state index in [1.54, 1.807) is 24.3 Å². The maximum absolute atomic E-state index is 11.1. The van der Waals surface area contributed by atoms with E-state index >= 15 is 0 Å². The molecule has 0 spiro atoms. The minimum Gasteiger partial charge on any atom is -0.510 e. The lowest BCUT2D eigenvalue weighted by Gasteiger charge is -1.98. The van der Waals surface area contributed by atoms with E-state index < -0.39 is 0 Å². The second-order valence-electron chi connectivity index (χ2n) is 3.79. The fraction of sp³-hybridized carbons (Fsp3) is 0.231. The normalized spacial score (nSPS) is 12.4. The number of ketones is 2. The van der Waals surface area contributed by atoms with Crippen LogP contribution >= 0.6 is 0 Å². The summed E-state index contributed by atoms with van der Waals surface area (Å²) in [4.78, 5) is 22.2. The first-order valence-corrected chi connectivity index (χ1v) is 5.35. The minimum atomic E-state index is -0.362. The first-order chi connectivity index (χ1) is 8.41. The number of azo groups is 1. The number of carbonyl (C=O) groups is 2. The van der Waals surface area contributed by atoms with Crippen molar-refractivity contribution in [3.05, 3.63) is 41.3 Å². The van der Waals surface area contributed by atoms with Gasteiger partial charge in [-0.1, -0.05) is 0 Å². The average molecular weight is 246 g/mol. The van der Waals surface area contributed by atoms with Crippen molar-refractivity contribution in [2.45, 2.75) is 20.8 Å². The highest BCUT2D eigenvalue weighted by molar-refractivity contribution is 5.94. The maximum Gasteiger partial charge on any atom is 0.183 e. The van der Waals surface area contributed by atoms with Gasteiger partial charge in [0.25, 0.3) is 0 Å². The van der Waals surface area contributed by atoms with Crippen LogP contribution in [0.1, 0.15) is 31.1 Å². The molecule has 0 heterocycles. The van der Waals surface area contributed by atoms with Gasteiger partial charge in [0.1, 0.15) is 5.76 Å². The van der Waals surface area contributed by atoms with E-state index in [4.69, 9.17) is 0 Å². The number of rotatable bonds is 4. The summed E-state index contributed by atoms with van der Waals surface area (Å²) in [5.74, 6) is -0.570. The second kappa shape index (κ2) is 5.86. The topological polar surface area (TPSA) is 79.1 Å². The molecule has 1 aromatic carbocycles. The van der Waals surface area contributed by atoms with Gasteiger partial charge in [-0.2, -0.15) is 5.11 Å². The van der Waals surface area contributed by atoms with Gasteiger partial charge in [-0.25, -0.2) is 0 Å². The van der Waals surface area contributed by atoms with Gasteiger partial charge in [-0.05, 0) is 38.1 Å². The Morgan fingerprint density at radius 2 is 1.61 bits per heavy atom. The number of benzene rings is 1. The summed E-state index contributed by atoms with van der Waals surface area (Å²) in [5, 5.41) is 16.8. The lowest BCUT2D eigenvalue weighted by Crippen LogP contribution is -1.96. The molecule has 94 valence electrons. The molecule has 5 nitrogen and oxygen atoms in total. The summed E-state index contributed by atoms with van der Waals surface area (Å²) < 4.78 is 0. The van der Waals surface area contributed by atoms with E-state index in [0.29, 0.717) is 11.3 Å². The van der Waals surface area contributed by atoms with E-state index in [-0.39, 0.29) is 23.0 Å². The molecule has 1 N–H and O–H groups in total. The minimum absolute atomic E-state index is 0.0333. The molecule has 0 unspecified atom stereocenters. The average Bonchev–Trinajstić information content (AvgIpc) is 2.28. The van der Waals surface area contributed by atoms with Crippen LogP contribution in [-0.4, -0.2) is 16.7 Å². The molecule has 1 rings (SSSR count). The zero-order valence-corrected chi connectivity index (χ0v) is 10.5. The third-order valence-electron chi connectivity index (χ3n) is 2.22. The van der Waals surface area contributed by atoms with Crippen LogP contribution in [-0.2, 0) is 4.79 Å². The summed E-state index contributed by atoms with van der Waals surface area (Å²) in [7, 11) is 0. The SMILES string of the molecule is CC(=O)C(N=Nc1ccc(C(C)=O)cc1)=C(C)O. The molecule has 0 saturated carbocycles. The standard InChI is InChI=1S/C13H14N2O3/c1-8(16)11-4-6-12(7-5-11)14-15-13(9(2)17)10(3)18/h4-7,17H,1-3H3. The van der Waals surface area contributed by atoms with E-state index in [1.807, 2.05) is 0 Å². The Morgan fingerprint density at radius 1 is 1.06 bits per heavy atom. The quantitative estimate of drug-likeness (QED) is 0.383. The highest BCUT2D eigenvalue weighted by Crippen LogP contribution is 2.16. The van der Waals surface area contributed by atoms with Crippen LogP contribution in [0.3, 0.4) is 0 Å². The summed E-state index contributed by atoms with van der Waals surface area (Å²) in [5.41, 5.74) is 1.00. The molecule has 0 radical (unpaired) electrons. The van der Waals surface area contributed by atoms with E-state index in [0.717, 1.165) is 0 Å². The summed E-state index contributed by atoms with van der Waals surface area (Å²) in [6.45, 7) is 4.14. The fourth-order valence-electron chi connectivity index (χ4n) is 1.27. The van der Waals surface area contributed by atoms with Crippen molar-refractivity contribution in [1.82, 2.24) is 0 Å². The monoisotopic (exact) mass is 246 g/mol. The van der Waals surface area contributed by atoms with Gasteiger partial charge in [-0.15, -0.1) is 5.11 Å². The molecule has 0 fully saturated rings. The van der Waals surface area contributed by atoms with Crippen LogP contribution < -0.4 is 0 Å². The molecule has 1 aromatic rings. The molecule has 18 heavy (non-hydrogen) atoms. The number of allylic oxidation sites excluding steroid dienone is 2. The van der Waals surface area contributed by atoms with Gasteiger partial charge in [0.05, 0.1) is 5.69 Å². The number of hydrogen-bond donors (Lipinski definition) is 1. The van der Waals surface area contributed by atoms with Gasteiger partial charge in [0.15, 0.2) is 17.3 Å². The predicted molar refractivity (Wildman–Crippen MR) is 67.0 cm³/mol. The Balaban J connectivity index is 2.94. The highest BCUT2D eigenvalue weighted by Gasteiger charge is 2.06. The molecule has 0 aromatic heterocycles. The third-order valence-corrected chi connectivity index (χ3v) is 2.22. The molecule has 5 heteroatoms. The van der Waals surface area contributed by atoms with Crippen molar-refractivity contribution in [2.24, 2.45) is 10.2 Å². The highest BCUT2D eigenvalue weighted by atomic mass is 16.3. The largest absolute Gasteiger partial charge is 0.510 e. The Hall–Kier alpha value is -2.30. The molecule has 0 saturated heterocycles. The summed E-state index contributed by atoms with van der Waals surface area (Å²) in [6, 6.07) is 6.48. The molecule has 0 atom stereocenters. The number of nitrogens with zero attached hydrogens (tertiary/aromatic N) is 2. The predicted octanol–water partition coefficient (Wildman–Crippen LogP) is 3.35. The number of Topliss-reactive ketones (excluding diaryl/α,β-unsaturated/α-hetero) is 2. The molecular weight excluding hydrogens is 232 g/mol. The van der Waals surface area contributed by atoms with Crippen LogP contribution in [0.4, 0.5) is 5.69 Å². The van der Waals surface area contributed by atoms with Crippen molar-refractivity contribution in [2.75, 3.05) is 0 Å². The number of aliphatic hydroxyl groups excluding tert-OH is 1. The van der Waals surface area contributed by atoms with Gasteiger partial charge in [0.2, 0.25) is 0 Å². The van der Waals surface area contributed by atoms with Crippen molar-refractivity contribution >= 4 is 17.3 Å². The zero-order chi connectivity index (χ0) is 13.7. The molecule has 0 aliphatic heterocycles. The lowest BCUT2D eigenvalue weighted by molar-refractivity contribution is -0.113. The van der Waals surface area contributed by atoms with Crippen LogP contribution in [0.5, 0.6) is 0 Å². The summed E-state index contributed by atoms with van der Waals surface area (Å²) >= 11 is 0. The Bertz CT molecular complexity index is 524. The van der Waals surface area contributed by atoms with Crippen molar-refractivity contribution in [3.63, 3.8) is 0 Å². The van der Waals surface area contributed by atoms with E-state index in [2.05, 4.69) is 10.2 Å². The molecular formula is C13H14N2O3. The lowest BCUT2D eigenvalue weighted by atomic mass is 10.1. The van der Waals surface area contributed by atoms with Gasteiger partial charge < -0.3 is 5.11 Å². The molecule has 0 aliphatic carbocycles. The van der Waals surface area contributed by atoms with Crippen LogP contribution in [0, 0.1) is 0 Å². The van der Waals surface area contributed by atoms with E-state index in [9.17, 15) is 14.7 Å². The fourth-order valence-corrected chi connectivity index (χ4v) is 1.27. The van der Waals surface area contributed by atoms with Gasteiger partial charge in [-0.3, -0.25) is 9.59 Å². The van der Waals surface area contributed by atoms with Crippen LogP contribution in [0.15, 0.2) is 46.0 Å². The van der Waals surface area contributed by atoms with Crippen LogP contribution in [0.2, 0.25) is 0 Å². The van der Waals surface area contributed by atoms with Gasteiger partial charge in [0, 0.05) is 12.5 Å². The molecule has 0 amide bonds. The smallest absolute Gasteiger partial charge is 0.183 e. The number of aliphatic hydroxyl groups is 1. The maximum atomic E-state index is 11.1. The summed E-state index contributed by atoms with van der Waals surface area (Å²) in [6.07, 6.45) is 0. The van der Waals surface area contributed by atoms with Crippen molar-refractivity contribution < 1.29 is 14.7 Å². The first kappa shape index (κ1) is 13.8. The zero-order valence-electron chi connectivity index (χ0n) is 10.5. The first-order valence-electron chi connectivity index (χ1n) is 5.35. The van der Waals surface area contributed by atoms with Crippen molar-refractivity contribution in [3.8, 4) is 0 Å². The second-order valence-corrected chi connectivity index (χ2v) is 3.79. The Kier molecular flexibility index (Phi) is 4.48. The van der Waals surface area contributed by atoms with Gasteiger partial charge >= 0.3 is 0 Å². The third kappa shape index (κ3) is 3.62. The number of carbonyl (C=O) groups excluding carboxylic acids is 2. The molecule has 0 bridgehead atoms. The van der Waals surface area contributed by atoms with Crippen molar-refractivity contribution in [1.29, 1.82) is 0 Å². The van der Waals surface area contributed by atoms with E-state index in [1.165, 1.54) is 20.8 Å². The Morgan fingerprint density at radius 3 is 2.00 bits per heavy atom. The number of hydrogen-bond acceptors (Lipinski definition) is 5. The molecule has 0 aliphatic rings. The van der Waals surface area contributed by atoms with Crippen LogP contribution in [0.25, 0.3) is 0 Å². The Labute approximate surface area is 105 Å².